The largest absolute Gasteiger partial charge is 0.399 e. The summed E-state index contributed by atoms with van der Waals surface area (Å²) in [5.41, 5.74) is 19.7. The minimum atomic E-state index is -0.663. The third kappa shape index (κ3) is 3.34. The third-order valence-electron chi connectivity index (χ3n) is 3.93. The second-order valence-corrected chi connectivity index (χ2v) is 5.73. The minimum absolute atomic E-state index is 0.161. The molecule has 0 unspecified atom stereocenters. The molecule has 0 aliphatic heterocycles. The number of carbonyl (C=O) groups is 2. The molecule has 0 radical (unpaired) electrons. The van der Waals surface area contributed by atoms with E-state index in [1.165, 1.54) is 11.0 Å². The second kappa shape index (κ2) is 6.98. The number of benzene rings is 3. The van der Waals surface area contributed by atoms with Gasteiger partial charge in [0.15, 0.2) is 0 Å². The molecule has 0 aliphatic rings. The van der Waals surface area contributed by atoms with E-state index in [-0.39, 0.29) is 17.0 Å². The number of amides is 2. The molecule has 6 heteroatoms. The van der Waals surface area contributed by atoms with E-state index in [0.717, 1.165) is 0 Å². The van der Waals surface area contributed by atoms with Crippen LogP contribution in [0.3, 0.4) is 0 Å². The highest BCUT2D eigenvalue weighted by molar-refractivity contribution is 6.16. The molecule has 0 aromatic heterocycles. The molecule has 6 N–H and O–H groups in total. The van der Waals surface area contributed by atoms with E-state index < -0.39 is 5.91 Å². The zero-order valence-electron chi connectivity index (χ0n) is 13.9. The van der Waals surface area contributed by atoms with Gasteiger partial charge in [0.05, 0.1) is 11.1 Å². The van der Waals surface area contributed by atoms with Crippen molar-refractivity contribution in [2.75, 3.05) is 16.4 Å². The fraction of sp³-hybridized carbons (Fsp3) is 0. The fourth-order valence-corrected chi connectivity index (χ4v) is 2.64. The number of nitrogens with zero attached hydrogens (tertiary/aromatic N) is 1. The molecule has 0 atom stereocenters. The van der Waals surface area contributed by atoms with Crippen LogP contribution in [0, 0.1) is 0 Å². The van der Waals surface area contributed by atoms with Crippen LogP contribution >= 0.6 is 0 Å². The quantitative estimate of drug-likeness (QED) is 0.630. The van der Waals surface area contributed by atoms with Crippen molar-refractivity contribution in [2.45, 2.75) is 0 Å². The molecule has 3 aromatic rings. The van der Waals surface area contributed by atoms with E-state index in [1.54, 1.807) is 66.7 Å². The molecular weight excluding hydrogens is 328 g/mol. The molecule has 26 heavy (non-hydrogen) atoms. The summed E-state index contributed by atoms with van der Waals surface area (Å²) in [7, 11) is 0. The normalized spacial score (nSPS) is 10.3. The van der Waals surface area contributed by atoms with E-state index in [4.69, 9.17) is 17.2 Å². The van der Waals surface area contributed by atoms with E-state index in [9.17, 15) is 9.59 Å². The first-order chi connectivity index (χ1) is 12.5. The number of carbonyl (C=O) groups excluding carboxylic acids is 2. The van der Waals surface area contributed by atoms with Gasteiger partial charge in [-0.05, 0) is 60.7 Å². The van der Waals surface area contributed by atoms with E-state index in [2.05, 4.69) is 0 Å². The summed E-state index contributed by atoms with van der Waals surface area (Å²) in [5, 5.41) is 0. The van der Waals surface area contributed by atoms with Gasteiger partial charge in [0.25, 0.3) is 5.91 Å². The first kappa shape index (κ1) is 17.0. The van der Waals surface area contributed by atoms with Gasteiger partial charge < -0.3 is 17.2 Å². The maximum Gasteiger partial charge on any atom is 0.263 e. The van der Waals surface area contributed by atoms with Crippen LogP contribution in [0.2, 0.25) is 0 Å². The van der Waals surface area contributed by atoms with Crippen LogP contribution in [0.1, 0.15) is 20.7 Å². The van der Waals surface area contributed by atoms with E-state index in [0.29, 0.717) is 22.7 Å². The van der Waals surface area contributed by atoms with Gasteiger partial charge in [-0.3, -0.25) is 14.5 Å². The summed E-state index contributed by atoms with van der Waals surface area (Å²) < 4.78 is 0. The van der Waals surface area contributed by atoms with Crippen LogP contribution < -0.4 is 22.1 Å². The lowest BCUT2D eigenvalue weighted by Gasteiger charge is -2.24. The van der Waals surface area contributed by atoms with Gasteiger partial charge in [-0.1, -0.05) is 12.1 Å². The van der Waals surface area contributed by atoms with Crippen molar-refractivity contribution in [3.8, 4) is 0 Å². The lowest BCUT2D eigenvalue weighted by molar-refractivity contribution is 0.0967. The van der Waals surface area contributed by atoms with Gasteiger partial charge in [-0.2, -0.15) is 0 Å². The summed E-state index contributed by atoms with van der Waals surface area (Å²) in [6.07, 6.45) is 0. The van der Waals surface area contributed by atoms with Crippen LogP contribution in [0.25, 0.3) is 0 Å². The van der Waals surface area contributed by atoms with Gasteiger partial charge >= 0.3 is 0 Å². The molecule has 3 rings (SSSR count). The maximum absolute atomic E-state index is 13.3. The lowest BCUT2D eigenvalue weighted by Crippen LogP contribution is -2.28. The molecule has 130 valence electrons. The molecule has 0 fully saturated rings. The molecule has 0 spiro atoms. The van der Waals surface area contributed by atoms with Crippen molar-refractivity contribution in [3.05, 3.63) is 83.9 Å². The zero-order valence-corrected chi connectivity index (χ0v) is 13.9. The summed E-state index contributed by atoms with van der Waals surface area (Å²) in [4.78, 5) is 26.5. The van der Waals surface area contributed by atoms with Gasteiger partial charge in [-0.15, -0.1) is 0 Å². The molecule has 6 nitrogen and oxygen atoms in total. The number of nitrogen functional groups attached to an aromatic ring is 2. The number of hydrogen-bond donors (Lipinski definition) is 3. The van der Waals surface area contributed by atoms with Crippen LogP contribution in [0.15, 0.2) is 72.8 Å². The third-order valence-corrected chi connectivity index (χ3v) is 3.93. The Morgan fingerprint density at radius 1 is 0.654 bits per heavy atom. The number of nitrogens with two attached hydrogens (primary N) is 3. The number of primary amides is 1. The number of hydrogen-bond acceptors (Lipinski definition) is 4. The maximum atomic E-state index is 13.3. The number of anilines is 4. The van der Waals surface area contributed by atoms with Crippen molar-refractivity contribution in [1.82, 2.24) is 0 Å². The summed E-state index contributed by atoms with van der Waals surface area (Å²) in [6, 6.07) is 20.2. The van der Waals surface area contributed by atoms with Crippen molar-refractivity contribution >= 4 is 34.6 Å². The molecule has 0 heterocycles. The lowest BCUT2D eigenvalue weighted by atomic mass is 10.0. The summed E-state index contributed by atoms with van der Waals surface area (Å²) in [5.74, 6) is -1.04. The summed E-state index contributed by atoms with van der Waals surface area (Å²) in [6.45, 7) is 0. The van der Waals surface area contributed by atoms with Crippen molar-refractivity contribution in [1.29, 1.82) is 0 Å². The molecule has 3 aromatic carbocycles. The van der Waals surface area contributed by atoms with Crippen LogP contribution in [-0.4, -0.2) is 11.8 Å². The zero-order chi connectivity index (χ0) is 18.7. The average Bonchev–Trinajstić information content (AvgIpc) is 2.65. The first-order valence-corrected chi connectivity index (χ1v) is 7.92. The Morgan fingerprint density at radius 2 is 1.08 bits per heavy atom. The van der Waals surface area contributed by atoms with Crippen LogP contribution in [-0.2, 0) is 0 Å². The van der Waals surface area contributed by atoms with Crippen molar-refractivity contribution in [2.24, 2.45) is 5.73 Å². The van der Waals surface area contributed by atoms with Crippen molar-refractivity contribution < 1.29 is 9.59 Å². The number of rotatable bonds is 4. The molecule has 0 saturated carbocycles. The Kier molecular flexibility index (Phi) is 4.57. The Morgan fingerprint density at radius 3 is 1.50 bits per heavy atom. The van der Waals surface area contributed by atoms with E-state index >= 15 is 0 Å². The Bertz CT molecular complexity index is 905. The molecular formula is C20H18N4O2. The topological polar surface area (TPSA) is 115 Å². The average molecular weight is 346 g/mol. The highest BCUT2D eigenvalue weighted by Gasteiger charge is 2.23. The SMILES string of the molecule is NC(=O)c1ccccc1C(=O)N(c1ccc(N)cc1)c1ccc(N)cc1. The monoisotopic (exact) mass is 346 g/mol. The Labute approximate surface area is 150 Å². The van der Waals surface area contributed by atoms with Gasteiger partial charge in [0.1, 0.15) is 0 Å². The van der Waals surface area contributed by atoms with Crippen molar-refractivity contribution in [3.63, 3.8) is 0 Å². The predicted octanol–water partition coefficient (Wildman–Crippen LogP) is 2.93. The van der Waals surface area contributed by atoms with Gasteiger partial charge in [0.2, 0.25) is 5.91 Å². The highest BCUT2D eigenvalue weighted by Crippen LogP contribution is 2.29. The van der Waals surface area contributed by atoms with Gasteiger partial charge in [-0.25, -0.2) is 0 Å². The van der Waals surface area contributed by atoms with Gasteiger partial charge in [0, 0.05) is 22.7 Å². The fourth-order valence-electron chi connectivity index (χ4n) is 2.64. The van der Waals surface area contributed by atoms with Crippen LogP contribution in [0.4, 0.5) is 22.7 Å². The molecule has 0 saturated heterocycles. The second-order valence-electron chi connectivity index (χ2n) is 5.73. The highest BCUT2D eigenvalue weighted by atomic mass is 16.2. The molecule has 0 bridgehead atoms. The summed E-state index contributed by atoms with van der Waals surface area (Å²) >= 11 is 0. The molecule has 0 aliphatic carbocycles. The predicted molar refractivity (Wildman–Crippen MR) is 103 cm³/mol. The Hall–Kier alpha value is -3.80. The minimum Gasteiger partial charge on any atom is -0.399 e. The van der Waals surface area contributed by atoms with Crippen LogP contribution in [0.5, 0.6) is 0 Å². The first-order valence-electron chi connectivity index (χ1n) is 7.92. The standard InChI is InChI=1S/C20H18N4O2/c21-13-5-9-15(10-6-13)24(16-11-7-14(22)8-12-16)20(26)18-4-2-1-3-17(18)19(23)25/h1-12H,21-22H2,(H2,23,25). The Balaban J connectivity index is 2.14. The van der Waals surface area contributed by atoms with E-state index in [1.807, 2.05) is 0 Å². The molecule has 2 amide bonds. The smallest absolute Gasteiger partial charge is 0.263 e.